The zero-order valence-electron chi connectivity index (χ0n) is 10.8. The lowest BCUT2D eigenvalue weighted by molar-refractivity contribution is 0.0919. The summed E-state index contributed by atoms with van der Waals surface area (Å²) >= 11 is 10.6. The van der Waals surface area contributed by atoms with Gasteiger partial charge in [-0.3, -0.25) is 4.79 Å². The fourth-order valence-electron chi connectivity index (χ4n) is 1.79. The fourth-order valence-corrected chi connectivity index (χ4v) is 3.07. The van der Waals surface area contributed by atoms with Gasteiger partial charge in [0.05, 0.1) is 16.1 Å². The molecule has 0 bridgehead atoms. The molecule has 0 fully saturated rings. The first-order valence-corrected chi connectivity index (χ1v) is 8.21. The Balaban J connectivity index is 3.07. The maximum absolute atomic E-state index is 12.4. The summed E-state index contributed by atoms with van der Waals surface area (Å²) in [5.74, 6) is -0.151. The van der Waals surface area contributed by atoms with Crippen LogP contribution in [0, 0.1) is 3.57 Å². The summed E-state index contributed by atoms with van der Waals surface area (Å²) in [4.78, 5) is 12.7. The third kappa shape index (κ3) is 3.88. The molecule has 0 aromatic heterocycles. The molecule has 0 atom stereocenters. The quantitative estimate of drug-likeness (QED) is 0.527. The number of rotatable bonds is 5. The van der Waals surface area contributed by atoms with Crippen molar-refractivity contribution in [2.75, 3.05) is 0 Å². The van der Waals surface area contributed by atoms with Gasteiger partial charge in [-0.05, 0) is 53.6 Å². The van der Waals surface area contributed by atoms with Crippen LogP contribution in [0.3, 0.4) is 0 Å². The monoisotopic (exact) mass is 454 g/mol. The molecule has 3 N–H and O–H groups in total. The molecule has 3 nitrogen and oxygen atoms in total. The zero-order valence-corrected chi connectivity index (χ0v) is 15.4. The summed E-state index contributed by atoms with van der Waals surface area (Å²) in [6.45, 7) is 3.93. The summed E-state index contributed by atoms with van der Waals surface area (Å²) in [6, 6.07) is 5.59. The van der Waals surface area contributed by atoms with Gasteiger partial charge in [0, 0.05) is 8.04 Å². The molecular weight excluding hydrogens is 439 g/mol. The van der Waals surface area contributed by atoms with Gasteiger partial charge in [0.25, 0.3) is 5.91 Å². The number of halogens is 2. The number of carbonyl (C=O) groups excluding carboxylic acids is 1. The predicted octanol–water partition coefficient (Wildman–Crippen LogP) is 3.63. The van der Waals surface area contributed by atoms with E-state index < -0.39 is 5.54 Å². The van der Waals surface area contributed by atoms with Crippen molar-refractivity contribution in [3.63, 3.8) is 0 Å². The van der Waals surface area contributed by atoms with E-state index in [9.17, 15) is 4.79 Å². The van der Waals surface area contributed by atoms with Gasteiger partial charge in [0.1, 0.15) is 0 Å². The standard InChI is InChI=1S/C13H16BrIN2OS/c1-3-13(4-2,12(16)19)17-11(18)9-7-8(14)5-6-10(9)15/h5-7H,3-4H2,1-2H3,(H2,16,19)(H,17,18). The largest absolute Gasteiger partial charge is 0.391 e. The number of hydrogen-bond acceptors (Lipinski definition) is 2. The topological polar surface area (TPSA) is 55.1 Å². The first-order valence-electron chi connectivity index (χ1n) is 5.93. The van der Waals surface area contributed by atoms with Gasteiger partial charge in [0.15, 0.2) is 0 Å². The highest BCUT2D eigenvalue weighted by molar-refractivity contribution is 14.1. The van der Waals surface area contributed by atoms with Crippen molar-refractivity contribution in [3.05, 3.63) is 31.8 Å². The summed E-state index contributed by atoms with van der Waals surface area (Å²) in [6.07, 6.45) is 1.35. The molecule has 0 aliphatic carbocycles. The minimum absolute atomic E-state index is 0.151. The molecule has 0 heterocycles. The van der Waals surface area contributed by atoms with E-state index in [1.807, 2.05) is 26.0 Å². The molecule has 0 aliphatic heterocycles. The molecule has 0 spiro atoms. The Labute approximate surface area is 141 Å². The smallest absolute Gasteiger partial charge is 0.253 e. The van der Waals surface area contributed by atoms with Crippen molar-refractivity contribution in [2.24, 2.45) is 5.73 Å². The van der Waals surface area contributed by atoms with E-state index >= 15 is 0 Å². The van der Waals surface area contributed by atoms with Crippen molar-refractivity contribution in [3.8, 4) is 0 Å². The molecule has 0 aliphatic rings. The Kier molecular flexibility index (Phi) is 6.19. The summed E-state index contributed by atoms with van der Waals surface area (Å²) in [5, 5.41) is 2.98. The molecule has 1 aromatic carbocycles. The maximum atomic E-state index is 12.4. The lowest BCUT2D eigenvalue weighted by atomic mass is 9.92. The number of amides is 1. The highest BCUT2D eigenvalue weighted by atomic mass is 127. The SMILES string of the molecule is CCC(CC)(NC(=O)c1cc(Br)ccc1I)C(N)=S. The first kappa shape index (κ1) is 16.8. The van der Waals surface area contributed by atoms with Gasteiger partial charge < -0.3 is 11.1 Å². The molecular formula is C13H16BrIN2OS. The van der Waals surface area contributed by atoms with Gasteiger partial charge >= 0.3 is 0 Å². The second-order valence-electron chi connectivity index (χ2n) is 4.23. The van der Waals surface area contributed by atoms with Gasteiger partial charge in [0.2, 0.25) is 0 Å². The van der Waals surface area contributed by atoms with Crippen LogP contribution in [0.15, 0.2) is 22.7 Å². The molecule has 104 valence electrons. The minimum atomic E-state index is -0.613. The normalized spacial score (nSPS) is 11.2. The van der Waals surface area contributed by atoms with Crippen molar-refractivity contribution in [1.82, 2.24) is 5.32 Å². The van der Waals surface area contributed by atoms with E-state index in [1.54, 1.807) is 6.07 Å². The number of nitrogens with two attached hydrogens (primary N) is 1. The van der Waals surface area contributed by atoms with E-state index in [2.05, 4.69) is 43.8 Å². The van der Waals surface area contributed by atoms with Crippen LogP contribution < -0.4 is 11.1 Å². The van der Waals surface area contributed by atoms with E-state index in [1.165, 1.54) is 0 Å². The highest BCUT2D eigenvalue weighted by Crippen LogP contribution is 2.21. The average Bonchev–Trinajstić information content (AvgIpc) is 2.38. The molecule has 6 heteroatoms. The van der Waals surface area contributed by atoms with Crippen molar-refractivity contribution < 1.29 is 4.79 Å². The summed E-state index contributed by atoms with van der Waals surface area (Å²) < 4.78 is 1.76. The fraction of sp³-hybridized carbons (Fsp3) is 0.385. The lowest BCUT2D eigenvalue weighted by Crippen LogP contribution is -2.56. The Morgan fingerprint density at radius 2 is 2.05 bits per heavy atom. The van der Waals surface area contributed by atoms with Crippen LogP contribution in [0.25, 0.3) is 0 Å². The zero-order chi connectivity index (χ0) is 14.6. The van der Waals surface area contributed by atoms with Crippen LogP contribution in [0.1, 0.15) is 37.0 Å². The Hall–Kier alpha value is -0.210. The van der Waals surface area contributed by atoms with Gasteiger partial charge in [-0.2, -0.15) is 0 Å². The molecule has 0 radical (unpaired) electrons. The molecule has 19 heavy (non-hydrogen) atoms. The second kappa shape index (κ2) is 6.99. The van der Waals surface area contributed by atoms with E-state index in [0.29, 0.717) is 23.4 Å². The molecule has 0 saturated carbocycles. The van der Waals surface area contributed by atoms with Crippen LogP contribution in [0.4, 0.5) is 0 Å². The van der Waals surface area contributed by atoms with Gasteiger partial charge in [-0.15, -0.1) is 0 Å². The van der Waals surface area contributed by atoms with Crippen LogP contribution in [-0.2, 0) is 0 Å². The van der Waals surface area contributed by atoms with Crippen LogP contribution in [-0.4, -0.2) is 16.4 Å². The van der Waals surface area contributed by atoms with Crippen molar-refractivity contribution in [1.29, 1.82) is 0 Å². The van der Waals surface area contributed by atoms with Gasteiger partial charge in [-0.1, -0.05) is 42.0 Å². The number of carbonyl (C=O) groups is 1. The maximum Gasteiger partial charge on any atom is 0.253 e. The molecule has 1 rings (SSSR count). The Morgan fingerprint density at radius 3 is 2.53 bits per heavy atom. The number of hydrogen-bond donors (Lipinski definition) is 2. The minimum Gasteiger partial charge on any atom is -0.391 e. The molecule has 1 amide bonds. The lowest BCUT2D eigenvalue weighted by Gasteiger charge is -2.31. The van der Waals surface area contributed by atoms with Gasteiger partial charge in [-0.25, -0.2) is 0 Å². The van der Waals surface area contributed by atoms with Crippen LogP contribution >= 0.6 is 50.7 Å². The molecule has 0 unspecified atom stereocenters. The van der Waals surface area contributed by atoms with Crippen LogP contribution in [0.5, 0.6) is 0 Å². The van der Waals surface area contributed by atoms with Crippen LogP contribution in [0.2, 0.25) is 0 Å². The first-order chi connectivity index (χ1) is 8.86. The molecule has 0 saturated heterocycles. The van der Waals surface area contributed by atoms with E-state index in [0.717, 1.165) is 8.04 Å². The second-order valence-corrected chi connectivity index (χ2v) is 6.75. The highest BCUT2D eigenvalue weighted by Gasteiger charge is 2.32. The number of nitrogens with one attached hydrogen (secondary N) is 1. The van der Waals surface area contributed by atoms with E-state index in [-0.39, 0.29) is 5.91 Å². The third-order valence-electron chi connectivity index (χ3n) is 3.20. The van der Waals surface area contributed by atoms with Crippen molar-refractivity contribution >= 4 is 61.6 Å². The number of benzene rings is 1. The third-order valence-corrected chi connectivity index (χ3v) is 5.03. The average molecular weight is 455 g/mol. The Morgan fingerprint density at radius 1 is 1.47 bits per heavy atom. The summed E-state index contributed by atoms with van der Waals surface area (Å²) in [7, 11) is 0. The van der Waals surface area contributed by atoms with Crippen molar-refractivity contribution in [2.45, 2.75) is 32.2 Å². The predicted molar refractivity (Wildman–Crippen MR) is 94.4 cm³/mol. The number of thiocarbonyl (C=S) groups is 1. The Bertz CT molecular complexity index is 503. The molecule has 1 aromatic rings. The van der Waals surface area contributed by atoms with E-state index in [4.69, 9.17) is 18.0 Å². The summed E-state index contributed by atoms with van der Waals surface area (Å²) in [5.41, 5.74) is 5.80.